The van der Waals surface area contributed by atoms with E-state index in [2.05, 4.69) is 21.4 Å². The van der Waals surface area contributed by atoms with Crippen LogP contribution in [0.5, 0.6) is 0 Å². The minimum absolute atomic E-state index is 0.0265. The molecule has 1 aliphatic heterocycles. The third-order valence-corrected chi connectivity index (χ3v) is 4.94. The SMILES string of the molecule is O=C1Cc2cc(-c3cccc(Cn4cnc5ncccc5c4=O)c3)ccc2N1. The molecule has 0 unspecified atom stereocenters. The van der Waals surface area contributed by atoms with Crippen molar-refractivity contribution >= 4 is 22.6 Å². The second kappa shape index (κ2) is 6.42. The molecule has 0 bridgehead atoms. The van der Waals surface area contributed by atoms with E-state index < -0.39 is 0 Å². The highest BCUT2D eigenvalue weighted by molar-refractivity contribution is 5.99. The third kappa shape index (κ3) is 2.85. The summed E-state index contributed by atoms with van der Waals surface area (Å²) in [5.74, 6) is 0.0265. The van der Waals surface area contributed by atoms with Crippen LogP contribution in [0, 0.1) is 0 Å². The minimum atomic E-state index is -0.106. The van der Waals surface area contributed by atoms with Crippen LogP contribution in [-0.4, -0.2) is 20.4 Å². The summed E-state index contributed by atoms with van der Waals surface area (Å²) in [6.07, 6.45) is 3.58. The molecule has 28 heavy (non-hydrogen) atoms. The number of carbonyl (C=O) groups excluding carboxylic acids is 1. The van der Waals surface area contributed by atoms with Crippen LogP contribution in [-0.2, 0) is 17.8 Å². The van der Waals surface area contributed by atoms with Crippen molar-refractivity contribution < 1.29 is 4.79 Å². The molecule has 0 spiro atoms. The van der Waals surface area contributed by atoms with Crippen molar-refractivity contribution in [2.45, 2.75) is 13.0 Å². The van der Waals surface area contributed by atoms with Gasteiger partial charge in [0.15, 0.2) is 5.65 Å². The topological polar surface area (TPSA) is 76.9 Å². The Labute approximate surface area is 160 Å². The summed E-state index contributed by atoms with van der Waals surface area (Å²) < 4.78 is 1.59. The van der Waals surface area contributed by atoms with Crippen LogP contribution in [0.4, 0.5) is 5.69 Å². The Morgan fingerprint density at radius 2 is 1.86 bits per heavy atom. The van der Waals surface area contributed by atoms with Crippen LogP contribution >= 0.6 is 0 Å². The van der Waals surface area contributed by atoms with Crippen molar-refractivity contribution in [1.29, 1.82) is 0 Å². The monoisotopic (exact) mass is 368 g/mol. The lowest BCUT2D eigenvalue weighted by molar-refractivity contribution is -0.115. The van der Waals surface area contributed by atoms with Crippen molar-refractivity contribution in [3.8, 4) is 11.1 Å². The lowest BCUT2D eigenvalue weighted by Crippen LogP contribution is -2.21. The maximum absolute atomic E-state index is 12.7. The Morgan fingerprint density at radius 1 is 0.964 bits per heavy atom. The molecule has 0 radical (unpaired) electrons. The zero-order chi connectivity index (χ0) is 19.1. The summed E-state index contributed by atoms with van der Waals surface area (Å²) in [6.45, 7) is 0.426. The summed E-state index contributed by atoms with van der Waals surface area (Å²) in [6, 6.07) is 17.5. The quantitative estimate of drug-likeness (QED) is 0.603. The molecule has 5 rings (SSSR count). The molecular weight excluding hydrogens is 352 g/mol. The van der Waals surface area contributed by atoms with Crippen LogP contribution in [0.1, 0.15) is 11.1 Å². The number of rotatable bonds is 3. The zero-order valence-electron chi connectivity index (χ0n) is 14.9. The largest absolute Gasteiger partial charge is 0.326 e. The van der Waals surface area contributed by atoms with Gasteiger partial charge in [0, 0.05) is 11.9 Å². The third-order valence-electron chi connectivity index (χ3n) is 4.94. The Bertz CT molecular complexity index is 1290. The predicted octanol–water partition coefficient (Wildman–Crippen LogP) is 3.00. The lowest BCUT2D eigenvalue weighted by Gasteiger charge is -2.09. The Kier molecular flexibility index (Phi) is 3.76. The summed E-state index contributed by atoms with van der Waals surface area (Å²) in [7, 11) is 0. The number of hydrogen-bond acceptors (Lipinski definition) is 4. The van der Waals surface area contributed by atoms with Gasteiger partial charge in [-0.1, -0.05) is 24.3 Å². The van der Waals surface area contributed by atoms with Gasteiger partial charge >= 0.3 is 0 Å². The smallest absolute Gasteiger partial charge is 0.263 e. The first-order chi connectivity index (χ1) is 13.7. The van der Waals surface area contributed by atoms with Gasteiger partial charge in [0.1, 0.15) is 6.33 Å². The normalized spacial score (nSPS) is 12.8. The van der Waals surface area contributed by atoms with E-state index in [1.807, 2.05) is 36.4 Å². The van der Waals surface area contributed by atoms with Crippen LogP contribution < -0.4 is 10.9 Å². The first-order valence-electron chi connectivity index (χ1n) is 9.00. The van der Waals surface area contributed by atoms with Crippen LogP contribution in [0.25, 0.3) is 22.2 Å². The van der Waals surface area contributed by atoms with E-state index in [1.165, 1.54) is 6.33 Å². The highest BCUT2D eigenvalue weighted by atomic mass is 16.1. The van der Waals surface area contributed by atoms with E-state index >= 15 is 0 Å². The highest BCUT2D eigenvalue weighted by Gasteiger charge is 2.17. The summed E-state index contributed by atoms with van der Waals surface area (Å²) >= 11 is 0. The van der Waals surface area contributed by atoms with E-state index in [1.54, 1.807) is 22.9 Å². The van der Waals surface area contributed by atoms with Crippen molar-refractivity contribution in [3.63, 3.8) is 0 Å². The molecule has 1 N–H and O–H groups in total. The number of anilines is 1. The van der Waals surface area contributed by atoms with Gasteiger partial charge < -0.3 is 5.32 Å². The number of pyridine rings is 1. The number of nitrogens with zero attached hydrogens (tertiary/aromatic N) is 3. The first kappa shape index (κ1) is 16.4. The van der Waals surface area contributed by atoms with E-state index in [9.17, 15) is 9.59 Å². The number of benzene rings is 2. The molecule has 3 heterocycles. The number of fused-ring (bicyclic) bond motifs is 2. The van der Waals surface area contributed by atoms with E-state index in [-0.39, 0.29) is 11.5 Å². The average molecular weight is 368 g/mol. The van der Waals surface area contributed by atoms with Crippen molar-refractivity contribution in [2.75, 3.05) is 5.32 Å². The number of carbonyl (C=O) groups is 1. The Hall–Kier alpha value is -3.80. The van der Waals surface area contributed by atoms with Gasteiger partial charge in [-0.3, -0.25) is 14.2 Å². The van der Waals surface area contributed by atoms with Crippen LogP contribution in [0.2, 0.25) is 0 Å². The van der Waals surface area contributed by atoms with E-state index in [4.69, 9.17) is 0 Å². The maximum Gasteiger partial charge on any atom is 0.263 e. The molecule has 0 saturated carbocycles. The summed E-state index contributed by atoms with van der Waals surface area (Å²) in [4.78, 5) is 32.7. The van der Waals surface area contributed by atoms with Gasteiger partial charge in [-0.2, -0.15) is 0 Å². The fourth-order valence-corrected chi connectivity index (χ4v) is 3.57. The van der Waals surface area contributed by atoms with Gasteiger partial charge in [-0.15, -0.1) is 0 Å². The van der Waals surface area contributed by atoms with Gasteiger partial charge in [0.2, 0.25) is 5.91 Å². The molecule has 0 atom stereocenters. The van der Waals surface area contributed by atoms with Gasteiger partial charge in [-0.05, 0) is 52.6 Å². The molecule has 1 aliphatic rings. The standard InChI is InChI=1S/C22H16N4O2/c27-20-11-17-10-16(6-7-19(17)25-20)15-4-1-3-14(9-15)12-26-13-24-21-18(22(26)28)5-2-8-23-21/h1-10,13H,11-12H2,(H,25,27). The Morgan fingerprint density at radius 3 is 2.79 bits per heavy atom. The molecule has 2 aromatic carbocycles. The molecule has 0 fully saturated rings. The highest BCUT2D eigenvalue weighted by Crippen LogP contribution is 2.29. The first-order valence-corrected chi connectivity index (χ1v) is 9.00. The van der Waals surface area contributed by atoms with Crippen molar-refractivity contribution in [3.05, 3.63) is 88.6 Å². The molecule has 0 aliphatic carbocycles. The molecule has 6 heteroatoms. The van der Waals surface area contributed by atoms with Gasteiger partial charge in [0.25, 0.3) is 5.56 Å². The van der Waals surface area contributed by atoms with Crippen LogP contribution in [0.3, 0.4) is 0 Å². The lowest BCUT2D eigenvalue weighted by atomic mass is 10.00. The molecule has 4 aromatic rings. The number of aromatic nitrogens is 3. The second-order valence-corrected chi connectivity index (χ2v) is 6.85. The van der Waals surface area contributed by atoms with Crippen LogP contribution in [0.15, 0.2) is 71.9 Å². The predicted molar refractivity (Wildman–Crippen MR) is 107 cm³/mol. The average Bonchev–Trinajstić information content (AvgIpc) is 3.10. The fraction of sp³-hybridized carbons (Fsp3) is 0.0909. The van der Waals surface area contributed by atoms with Gasteiger partial charge in [0.05, 0.1) is 18.4 Å². The minimum Gasteiger partial charge on any atom is -0.326 e. The van der Waals surface area contributed by atoms with E-state index in [0.717, 1.165) is 27.9 Å². The number of nitrogens with one attached hydrogen (secondary N) is 1. The van der Waals surface area contributed by atoms with Gasteiger partial charge in [-0.25, -0.2) is 9.97 Å². The maximum atomic E-state index is 12.7. The molecule has 6 nitrogen and oxygen atoms in total. The summed E-state index contributed by atoms with van der Waals surface area (Å²) in [5, 5.41) is 3.36. The Balaban J connectivity index is 1.49. The zero-order valence-corrected chi connectivity index (χ0v) is 14.9. The number of amides is 1. The molecule has 2 aromatic heterocycles. The number of hydrogen-bond donors (Lipinski definition) is 1. The second-order valence-electron chi connectivity index (χ2n) is 6.85. The van der Waals surface area contributed by atoms with Crippen molar-refractivity contribution in [2.24, 2.45) is 0 Å². The molecule has 136 valence electrons. The molecule has 1 amide bonds. The summed E-state index contributed by atoms with van der Waals surface area (Å²) in [5.41, 5.74) is 5.33. The van der Waals surface area contributed by atoms with E-state index in [0.29, 0.717) is 24.0 Å². The molecule has 0 saturated heterocycles. The fourth-order valence-electron chi connectivity index (χ4n) is 3.57. The molecular formula is C22H16N4O2. The van der Waals surface area contributed by atoms with Crippen molar-refractivity contribution in [1.82, 2.24) is 14.5 Å².